The molecular formula is C10H21NO. The molecule has 0 amide bonds. The van der Waals surface area contributed by atoms with Crippen LogP contribution in [-0.2, 0) is 0 Å². The van der Waals surface area contributed by atoms with E-state index in [0.717, 1.165) is 19.5 Å². The summed E-state index contributed by atoms with van der Waals surface area (Å²) in [4.78, 5) is 2.33. The Balaban J connectivity index is 2.28. The van der Waals surface area contributed by atoms with Crippen molar-refractivity contribution in [2.45, 2.75) is 38.7 Å². The summed E-state index contributed by atoms with van der Waals surface area (Å²) in [6.45, 7) is 4.35. The molecule has 1 aliphatic heterocycles. The predicted octanol–water partition coefficient (Wildman–Crippen LogP) is 1.49. The summed E-state index contributed by atoms with van der Waals surface area (Å²) in [6.07, 6.45) is 4.63. The Morgan fingerprint density at radius 1 is 1.50 bits per heavy atom. The summed E-state index contributed by atoms with van der Waals surface area (Å²) in [7, 11) is 2.14. The Morgan fingerprint density at radius 2 is 2.25 bits per heavy atom. The van der Waals surface area contributed by atoms with Crippen molar-refractivity contribution < 1.29 is 5.11 Å². The molecule has 0 saturated carbocycles. The minimum Gasteiger partial charge on any atom is -0.393 e. The van der Waals surface area contributed by atoms with Crippen LogP contribution in [0.4, 0.5) is 0 Å². The topological polar surface area (TPSA) is 23.5 Å². The summed E-state index contributed by atoms with van der Waals surface area (Å²) < 4.78 is 0. The second kappa shape index (κ2) is 4.83. The van der Waals surface area contributed by atoms with Gasteiger partial charge in [-0.2, -0.15) is 0 Å². The fourth-order valence-electron chi connectivity index (χ4n) is 1.95. The molecule has 1 fully saturated rings. The van der Waals surface area contributed by atoms with Gasteiger partial charge >= 0.3 is 0 Å². The zero-order chi connectivity index (χ0) is 8.97. The number of nitrogens with zero attached hydrogens (tertiary/aromatic N) is 1. The van der Waals surface area contributed by atoms with Crippen molar-refractivity contribution >= 4 is 0 Å². The van der Waals surface area contributed by atoms with Crippen molar-refractivity contribution in [1.29, 1.82) is 0 Å². The molecule has 2 nitrogen and oxygen atoms in total. The van der Waals surface area contributed by atoms with E-state index in [4.69, 9.17) is 0 Å². The van der Waals surface area contributed by atoms with Gasteiger partial charge in [0.25, 0.3) is 0 Å². The Hall–Kier alpha value is -0.0800. The quantitative estimate of drug-likeness (QED) is 0.695. The van der Waals surface area contributed by atoms with Crippen molar-refractivity contribution in [1.82, 2.24) is 4.90 Å². The van der Waals surface area contributed by atoms with Gasteiger partial charge in [0.15, 0.2) is 0 Å². The van der Waals surface area contributed by atoms with Crippen LogP contribution in [0, 0.1) is 5.92 Å². The van der Waals surface area contributed by atoms with Gasteiger partial charge < -0.3 is 10.0 Å². The number of unbranched alkanes of at least 4 members (excludes halogenated alkanes) is 1. The van der Waals surface area contributed by atoms with E-state index in [9.17, 15) is 5.11 Å². The molecule has 12 heavy (non-hydrogen) atoms. The molecule has 1 saturated heterocycles. The van der Waals surface area contributed by atoms with Crippen molar-refractivity contribution in [2.75, 3.05) is 20.1 Å². The van der Waals surface area contributed by atoms with Crippen LogP contribution in [0.5, 0.6) is 0 Å². The third-order valence-electron chi connectivity index (χ3n) is 2.83. The average Bonchev–Trinajstić information content (AvgIpc) is 2.07. The standard InChI is InChI=1S/C10H21NO/c1-3-4-5-9-8-11(2)7-6-10(9)12/h9-10,12H,3-8H2,1-2H3. The van der Waals surface area contributed by atoms with Crippen molar-refractivity contribution in [3.05, 3.63) is 0 Å². The van der Waals surface area contributed by atoms with Crippen LogP contribution in [0.2, 0.25) is 0 Å². The van der Waals surface area contributed by atoms with E-state index in [1.165, 1.54) is 19.3 Å². The molecular weight excluding hydrogens is 150 g/mol. The van der Waals surface area contributed by atoms with E-state index in [0.29, 0.717) is 5.92 Å². The minimum atomic E-state index is -0.0345. The van der Waals surface area contributed by atoms with E-state index in [1.807, 2.05) is 0 Å². The van der Waals surface area contributed by atoms with Gasteiger partial charge in [-0.1, -0.05) is 19.8 Å². The molecule has 2 unspecified atom stereocenters. The van der Waals surface area contributed by atoms with Crippen LogP contribution in [0.1, 0.15) is 32.6 Å². The lowest BCUT2D eigenvalue weighted by molar-refractivity contribution is 0.0315. The van der Waals surface area contributed by atoms with Crippen LogP contribution in [-0.4, -0.2) is 36.2 Å². The van der Waals surface area contributed by atoms with Gasteiger partial charge in [0.2, 0.25) is 0 Å². The Morgan fingerprint density at radius 3 is 2.92 bits per heavy atom. The number of aliphatic hydroxyl groups excluding tert-OH is 1. The van der Waals surface area contributed by atoms with Gasteiger partial charge in [-0.05, 0) is 25.8 Å². The second-order valence-electron chi connectivity index (χ2n) is 4.02. The summed E-state index contributed by atoms with van der Waals surface area (Å²) in [6, 6.07) is 0. The van der Waals surface area contributed by atoms with E-state index in [-0.39, 0.29) is 6.10 Å². The monoisotopic (exact) mass is 171 g/mol. The second-order valence-corrected chi connectivity index (χ2v) is 4.02. The summed E-state index contributed by atoms with van der Waals surface area (Å²) in [5.74, 6) is 0.531. The van der Waals surface area contributed by atoms with Gasteiger partial charge in [-0.3, -0.25) is 0 Å². The van der Waals surface area contributed by atoms with Gasteiger partial charge in [0, 0.05) is 13.1 Å². The first-order valence-corrected chi connectivity index (χ1v) is 5.10. The predicted molar refractivity (Wildman–Crippen MR) is 51.1 cm³/mol. The molecule has 0 aliphatic carbocycles. The highest BCUT2D eigenvalue weighted by Gasteiger charge is 2.24. The van der Waals surface area contributed by atoms with Crippen molar-refractivity contribution in [3.8, 4) is 0 Å². The zero-order valence-corrected chi connectivity index (χ0v) is 8.29. The van der Waals surface area contributed by atoms with E-state index in [2.05, 4.69) is 18.9 Å². The molecule has 0 radical (unpaired) electrons. The molecule has 0 aromatic rings. The van der Waals surface area contributed by atoms with Gasteiger partial charge in [0.05, 0.1) is 6.10 Å². The molecule has 1 heterocycles. The Labute approximate surface area is 75.6 Å². The lowest BCUT2D eigenvalue weighted by Crippen LogP contribution is -2.40. The zero-order valence-electron chi connectivity index (χ0n) is 8.29. The first-order chi connectivity index (χ1) is 5.74. The van der Waals surface area contributed by atoms with Gasteiger partial charge in [0.1, 0.15) is 0 Å². The highest BCUT2D eigenvalue weighted by molar-refractivity contribution is 4.77. The van der Waals surface area contributed by atoms with E-state index >= 15 is 0 Å². The van der Waals surface area contributed by atoms with E-state index < -0.39 is 0 Å². The highest BCUT2D eigenvalue weighted by Crippen LogP contribution is 2.21. The highest BCUT2D eigenvalue weighted by atomic mass is 16.3. The molecule has 2 atom stereocenters. The van der Waals surface area contributed by atoms with Crippen LogP contribution in [0.3, 0.4) is 0 Å². The molecule has 72 valence electrons. The summed E-state index contributed by atoms with van der Waals surface area (Å²) >= 11 is 0. The van der Waals surface area contributed by atoms with Crippen molar-refractivity contribution in [2.24, 2.45) is 5.92 Å². The molecule has 1 aliphatic rings. The Kier molecular flexibility index (Phi) is 4.02. The van der Waals surface area contributed by atoms with Crippen LogP contribution < -0.4 is 0 Å². The van der Waals surface area contributed by atoms with E-state index in [1.54, 1.807) is 0 Å². The maximum absolute atomic E-state index is 9.69. The number of hydrogen-bond donors (Lipinski definition) is 1. The van der Waals surface area contributed by atoms with Crippen LogP contribution in [0.15, 0.2) is 0 Å². The smallest absolute Gasteiger partial charge is 0.0592 e. The number of likely N-dealkylation sites (tertiary alicyclic amines) is 1. The van der Waals surface area contributed by atoms with Gasteiger partial charge in [-0.15, -0.1) is 0 Å². The Bertz CT molecular complexity index is 127. The summed E-state index contributed by atoms with van der Waals surface area (Å²) in [5.41, 5.74) is 0. The maximum atomic E-state index is 9.69. The van der Waals surface area contributed by atoms with Crippen LogP contribution in [0.25, 0.3) is 0 Å². The van der Waals surface area contributed by atoms with Gasteiger partial charge in [-0.25, -0.2) is 0 Å². The summed E-state index contributed by atoms with van der Waals surface area (Å²) in [5, 5.41) is 9.69. The third kappa shape index (κ3) is 2.76. The SMILES string of the molecule is CCCCC1CN(C)CCC1O. The minimum absolute atomic E-state index is 0.0345. The molecule has 0 aromatic heterocycles. The number of hydrogen-bond acceptors (Lipinski definition) is 2. The average molecular weight is 171 g/mol. The fraction of sp³-hybridized carbons (Fsp3) is 1.00. The lowest BCUT2D eigenvalue weighted by atomic mass is 9.90. The van der Waals surface area contributed by atoms with Crippen molar-refractivity contribution in [3.63, 3.8) is 0 Å². The van der Waals surface area contributed by atoms with Crippen LogP contribution >= 0.6 is 0 Å². The fourth-order valence-corrected chi connectivity index (χ4v) is 1.95. The molecule has 0 bridgehead atoms. The number of rotatable bonds is 3. The number of piperidine rings is 1. The molecule has 1 N–H and O–H groups in total. The largest absolute Gasteiger partial charge is 0.393 e. The molecule has 0 aromatic carbocycles. The molecule has 1 rings (SSSR count). The normalized spacial score (nSPS) is 32.2. The first-order valence-electron chi connectivity index (χ1n) is 5.10. The number of aliphatic hydroxyl groups is 1. The lowest BCUT2D eigenvalue weighted by Gasteiger charge is -2.33. The molecule has 0 spiro atoms. The molecule has 2 heteroatoms. The third-order valence-corrected chi connectivity index (χ3v) is 2.83. The maximum Gasteiger partial charge on any atom is 0.0592 e. The first kappa shape index (κ1) is 10.0.